The average Bonchev–Trinajstić information content (AvgIpc) is 2.81. The Hall–Kier alpha value is -0.120. The van der Waals surface area contributed by atoms with Crippen LogP contribution in [0.5, 0.6) is 0 Å². The van der Waals surface area contributed by atoms with Crippen molar-refractivity contribution in [1.82, 2.24) is 5.43 Å². The second-order valence-corrected chi connectivity index (χ2v) is 8.52. The van der Waals surface area contributed by atoms with Crippen LogP contribution in [-0.4, -0.2) is 18.2 Å². The van der Waals surface area contributed by atoms with E-state index in [4.69, 9.17) is 10.6 Å². The molecular formula is C18H34N2O. The van der Waals surface area contributed by atoms with Gasteiger partial charge in [0.25, 0.3) is 0 Å². The summed E-state index contributed by atoms with van der Waals surface area (Å²) in [6.07, 6.45) is 13.1. The van der Waals surface area contributed by atoms with Crippen LogP contribution in [0.3, 0.4) is 0 Å². The van der Waals surface area contributed by atoms with E-state index in [1.54, 1.807) is 0 Å². The molecule has 3 atom stereocenters. The third kappa shape index (κ3) is 3.16. The number of hydrogen-bond donors (Lipinski definition) is 2. The van der Waals surface area contributed by atoms with Crippen molar-refractivity contribution in [2.45, 2.75) is 89.7 Å². The maximum Gasteiger partial charge on any atom is 0.0685 e. The molecule has 3 heteroatoms. The van der Waals surface area contributed by atoms with Crippen LogP contribution < -0.4 is 11.3 Å². The van der Waals surface area contributed by atoms with Crippen LogP contribution >= 0.6 is 0 Å². The van der Waals surface area contributed by atoms with Gasteiger partial charge in [-0.3, -0.25) is 11.3 Å². The van der Waals surface area contributed by atoms with E-state index in [1.165, 1.54) is 64.2 Å². The number of hydrogen-bond acceptors (Lipinski definition) is 3. The molecule has 3 aliphatic rings. The number of nitrogens with one attached hydrogen (secondary N) is 1. The summed E-state index contributed by atoms with van der Waals surface area (Å²) in [6.45, 7) is 5.81. The van der Waals surface area contributed by atoms with E-state index in [9.17, 15) is 0 Å². The Kier molecular flexibility index (Phi) is 4.63. The Balaban J connectivity index is 1.71. The van der Waals surface area contributed by atoms with Crippen molar-refractivity contribution in [3.05, 3.63) is 0 Å². The Morgan fingerprint density at radius 1 is 1.05 bits per heavy atom. The molecule has 1 heterocycles. The molecule has 0 aromatic carbocycles. The van der Waals surface area contributed by atoms with E-state index in [2.05, 4.69) is 19.3 Å². The summed E-state index contributed by atoms with van der Waals surface area (Å²) in [6, 6.07) is 0.477. The molecule has 1 aliphatic heterocycles. The second-order valence-electron chi connectivity index (χ2n) is 8.52. The molecule has 3 N–H and O–H groups in total. The van der Waals surface area contributed by atoms with Gasteiger partial charge in [-0.2, -0.15) is 0 Å². The molecule has 21 heavy (non-hydrogen) atoms. The predicted molar refractivity (Wildman–Crippen MR) is 86.7 cm³/mol. The van der Waals surface area contributed by atoms with Gasteiger partial charge >= 0.3 is 0 Å². The lowest BCUT2D eigenvalue weighted by atomic mass is 9.68. The van der Waals surface area contributed by atoms with Crippen LogP contribution in [0.25, 0.3) is 0 Å². The van der Waals surface area contributed by atoms with Crippen molar-refractivity contribution in [1.29, 1.82) is 0 Å². The standard InChI is InChI=1S/C18H34N2O/c1-17(2)9-6-7-15(17)16(20-19)14-8-12-21-18(13-14)10-4-3-5-11-18/h14-16,20H,3-13,19H2,1-2H3. The average molecular weight is 294 g/mol. The zero-order chi connectivity index (χ0) is 14.9. The highest BCUT2D eigenvalue weighted by molar-refractivity contribution is 4.99. The van der Waals surface area contributed by atoms with E-state index in [1.807, 2.05) is 0 Å². The first-order valence-corrected chi connectivity index (χ1v) is 9.16. The maximum atomic E-state index is 6.28. The fraction of sp³-hybridized carbons (Fsp3) is 1.00. The third-order valence-electron chi connectivity index (χ3n) is 6.77. The predicted octanol–water partition coefficient (Wildman–Crippen LogP) is 3.77. The van der Waals surface area contributed by atoms with E-state index >= 15 is 0 Å². The zero-order valence-corrected chi connectivity index (χ0v) is 14.0. The molecule has 3 nitrogen and oxygen atoms in total. The second kappa shape index (κ2) is 6.17. The highest BCUT2D eigenvalue weighted by atomic mass is 16.5. The molecule has 1 spiro atoms. The van der Waals surface area contributed by atoms with Crippen LogP contribution in [-0.2, 0) is 4.74 Å². The normalized spacial score (nSPS) is 36.7. The van der Waals surface area contributed by atoms with Gasteiger partial charge in [0.05, 0.1) is 5.60 Å². The highest BCUT2D eigenvalue weighted by Gasteiger charge is 2.46. The summed E-state index contributed by atoms with van der Waals surface area (Å²) in [4.78, 5) is 0. The molecule has 2 aliphatic carbocycles. The molecule has 0 radical (unpaired) electrons. The lowest BCUT2D eigenvalue weighted by Gasteiger charge is -2.47. The van der Waals surface area contributed by atoms with Gasteiger partial charge in [-0.25, -0.2) is 0 Å². The molecule has 122 valence electrons. The molecule has 1 saturated heterocycles. The topological polar surface area (TPSA) is 47.3 Å². The monoisotopic (exact) mass is 294 g/mol. The lowest BCUT2D eigenvalue weighted by molar-refractivity contribution is -0.126. The van der Waals surface area contributed by atoms with Gasteiger partial charge in [0.2, 0.25) is 0 Å². The van der Waals surface area contributed by atoms with Crippen molar-refractivity contribution in [2.24, 2.45) is 23.1 Å². The Bertz CT molecular complexity index is 344. The molecular weight excluding hydrogens is 260 g/mol. The van der Waals surface area contributed by atoms with Crippen LogP contribution in [0, 0.1) is 17.3 Å². The zero-order valence-electron chi connectivity index (χ0n) is 14.0. The minimum Gasteiger partial charge on any atom is -0.375 e. The Morgan fingerprint density at radius 3 is 2.43 bits per heavy atom. The van der Waals surface area contributed by atoms with Gasteiger partial charge in [0, 0.05) is 12.6 Å². The Labute approximate surface area is 130 Å². The fourth-order valence-electron chi connectivity index (χ4n) is 5.52. The first-order valence-electron chi connectivity index (χ1n) is 9.16. The van der Waals surface area contributed by atoms with Crippen molar-refractivity contribution in [2.75, 3.05) is 6.61 Å². The van der Waals surface area contributed by atoms with Gasteiger partial charge in [-0.1, -0.05) is 39.5 Å². The van der Waals surface area contributed by atoms with Crippen LogP contribution in [0.15, 0.2) is 0 Å². The van der Waals surface area contributed by atoms with Crippen molar-refractivity contribution in [3.63, 3.8) is 0 Å². The van der Waals surface area contributed by atoms with Crippen LogP contribution in [0.4, 0.5) is 0 Å². The summed E-state index contributed by atoms with van der Waals surface area (Å²) in [5.41, 5.74) is 3.87. The molecule has 3 rings (SSSR count). The molecule has 0 aromatic heterocycles. The van der Waals surface area contributed by atoms with Gasteiger partial charge in [-0.15, -0.1) is 0 Å². The number of hydrazine groups is 1. The quantitative estimate of drug-likeness (QED) is 0.615. The van der Waals surface area contributed by atoms with Gasteiger partial charge in [-0.05, 0) is 55.8 Å². The van der Waals surface area contributed by atoms with E-state index in [0.717, 1.165) is 12.5 Å². The lowest BCUT2D eigenvalue weighted by Crippen LogP contribution is -2.53. The van der Waals surface area contributed by atoms with E-state index < -0.39 is 0 Å². The molecule has 3 unspecified atom stereocenters. The third-order valence-corrected chi connectivity index (χ3v) is 6.77. The van der Waals surface area contributed by atoms with E-state index in [-0.39, 0.29) is 5.60 Å². The molecule has 2 saturated carbocycles. The largest absolute Gasteiger partial charge is 0.375 e. The Morgan fingerprint density at radius 2 is 1.81 bits per heavy atom. The molecule has 0 aromatic rings. The first kappa shape index (κ1) is 15.8. The smallest absolute Gasteiger partial charge is 0.0685 e. The SMILES string of the molecule is CC1(C)CCCC1C(NN)C1CCOC2(CCCCC2)C1. The van der Waals surface area contributed by atoms with Crippen molar-refractivity contribution in [3.8, 4) is 0 Å². The highest BCUT2D eigenvalue weighted by Crippen LogP contribution is 2.49. The van der Waals surface area contributed by atoms with Crippen molar-refractivity contribution < 1.29 is 4.74 Å². The summed E-state index contributed by atoms with van der Waals surface area (Å²) < 4.78 is 6.28. The van der Waals surface area contributed by atoms with Gasteiger partial charge in [0.15, 0.2) is 0 Å². The van der Waals surface area contributed by atoms with Crippen LogP contribution in [0.2, 0.25) is 0 Å². The minimum absolute atomic E-state index is 0.193. The van der Waals surface area contributed by atoms with Gasteiger partial charge < -0.3 is 4.74 Å². The van der Waals surface area contributed by atoms with Gasteiger partial charge in [0.1, 0.15) is 0 Å². The molecule has 0 amide bonds. The maximum absolute atomic E-state index is 6.28. The molecule has 3 fully saturated rings. The first-order chi connectivity index (χ1) is 10.1. The summed E-state index contributed by atoms with van der Waals surface area (Å²) in [5.74, 6) is 7.46. The van der Waals surface area contributed by atoms with Crippen molar-refractivity contribution >= 4 is 0 Å². The summed E-state index contributed by atoms with van der Waals surface area (Å²) >= 11 is 0. The summed E-state index contributed by atoms with van der Waals surface area (Å²) in [5, 5.41) is 0. The number of nitrogens with two attached hydrogens (primary N) is 1. The van der Waals surface area contributed by atoms with E-state index in [0.29, 0.717) is 17.4 Å². The molecule has 0 bridgehead atoms. The fourth-order valence-corrected chi connectivity index (χ4v) is 5.52. The minimum atomic E-state index is 0.193. The van der Waals surface area contributed by atoms with Crippen LogP contribution in [0.1, 0.15) is 78.1 Å². The summed E-state index contributed by atoms with van der Waals surface area (Å²) in [7, 11) is 0. The number of rotatable bonds is 3. The number of ether oxygens (including phenoxy) is 1.